The van der Waals surface area contributed by atoms with Crippen molar-refractivity contribution in [1.82, 2.24) is 4.98 Å². The van der Waals surface area contributed by atoms with Crippen LogP contribution in [0.2, 0.25) is 0 Å². The Labute approximate surface area is 146 Å². The molecule has 1 aromatic heterocycles. The van der Waals surface area contributed by atoms with Gasteiger partial charge in [0.05, 0.1) is 17.3 Å². The fourth-order valence-corrected chi connectivity index (χ4v) is 2.86. The van der Waals surface area contributed by atoms with E-state index in [4.69, 9.17) is 21.3 Å². The first-order chi connectivity index (χ1) is 11.5. The van der Waals surface area contributed by atoms with Crippen LogP contribution in [0.5, 0.6) is 5.75 Å². The van der Waals surface area contributed by atoms with Crippen LogP contribution in [-0.4, -0.2) is 16.3 Å². The lowest BCUT2D eigenvalue weighted by molar-refractivity contribution is 0.108. The van der Waals surface area contributed by atoms with Crippen molar-refractivity contribution in [2.45, 2.75) is 26.9 Å². The molecular weight excluding hydrogens is 322 g/mol. The molecule has 0 bridgehead atoms. The van der Waals surface area contributed by atoms with Crippen molar-refractivity contribution in [3.8, 4) is 17.0 Å². The van der Waals surface area contributed by atoms with Gasteiger partial charge in [-0.05, 0) is 56.1 Å². The van der Waals surface area contributed by atoms with Crippen LogP contribution in [-0.2, 0) is 0 Å². The van der Waals surface area contributed by atoms with Gasteiger partial charge in [-0.1, -0.05) is 30.3 Å². The summed E-state index contributed by atoms with van der Waals surface area (Å²) in [4.78, 5) is 16.6. The number of nitrogens with zero attached hydrogens (tertiary/aromatic N) is 1. The van der Waals surface area contributed by atoms with Crippen LogP contribution >= 0.6 is 11.6 Å². The highest BCUT2D eigenvalue weighted by molar-refractivity contribution is 6.68. The van der Waals surface area contributed by atoms with E-state index in [1.54, 1.807) is 6.07 Å². The van der Waals surface area contributed by atoms with Crippen LogP contribution < -0.4 is 4.74 Å². The average Bonchev–Trinajstić information content (AvgIpc) is 2.54. The Morgan fingerprint density at radius 1 is 1.12 bits per heavy atom. The highest BCUT2D eigenvalue weighted by atomic mass is 35.5. The Hall–Kier alpha value is -2.39. The molecule has 0 aliphatic rings. The first kappa shape index (κ1) is 16.5. The summed E-state index contributed by atoms with van der Waals surface area (Å²) < 4.78 is 5.74. The van der Waals surface area contributed by atoms with Gasteiger partial charge in [0.25, 0.3) is 5.24 Å². The Morgan fingerprint density at radius 3 is 2.58 bits per heavy atom. The molecule has 4 heteroatoms. The maximum absolute atomic E-state index is 11.9. The maximum atomic E-state index is 11.9. The Balaban J connectivity index is 2.20. The molecule has 0 saturated carbocycles. The van der Waals surface area contributed by atoms with Crippen molar-refractivity contribution in [3.63, 3.8) is 0 Å². The molecule has 0 N–H and O–H groups in total. The molecular formula is C20H18ClNO2. The Bertz CT molecular complexity index is 919. The highest BCUT2D eigenvalue weighted by Crippen LogP contribution is 2.29. The number of fused-ring (bicyclic) bond motifs is 1. The van der Waals surface area contributed by atoms with Gasteiger partial charge in [-0.3, -0.25) is 4.79 Å². The predicted molar refractivity (Wildman–Crippen MR) is 97.9 cm³/mol. The number of para-hydroxylation sites is 1. The van der Waals surface area contributed by atoms with Crippen molar-refractivity contribution < 1.29 is 9.53 Å². The van der Waals surface area contributed by atoms with Crippen molar-refractivity contribution in [2.24, 2.45) is 0 Å². The molecule has 0 fully saturated rings. The van der Waals surface area contributed by atoms with E-state index in [1.807, 2.05) is 63.2 Å². The molecule has 0 amide bonds. The summed E-state index contributed by atoms with van der Waals surface area (Å²) >= 11 is 5.80. The summed E-state index contributed by atoms with van der Waals surface area (Å²) in [7, 11) is 0. The van der Waals surface area contributed by atoms with Gasteiger partial charge in [-0.2, -0.15) is 0 Å². The zero-order valence-corrected chi connectivity index (χ0v) is 14.6. The van der Waals surface area contributed by atoms with Crippen molar-refractivity contribution in [1.29, 1.82) is 0 Å². The van der Waals surface area contributed by atoms with E-state index in [0.29, 0.717) is 11.3 Å². The molecule has 1 heterocycles. The third-order valence-corrected chi connectivity index (χ3v) is 3.96. The van der Waals surface area contributed by atoms with Crippen LogP contribution in [0.15, 0.2) is 48.5 Å². The number of carbonyl (C=O) groups excluding carboxylic acids is 1. The zero-order chi connectivity index (χ0) is 17.3. The van der Waals surface area contributed by atoms with Crippen molar-refractivity contribution in [2.75, 3.05) is 0 Å². The van der Waals surface area contributed by atoms with Gasteiger partial charge in [0.15, 0.2) is 0 Å². The molecule has 3 aromatic rings. The van der Waals surface area contributed by atoms with Crippen LogP contribution in [0.25, 0.3) is 22.2 Å². The Morgan fingerprint density at radius 2 is 1.88 bits per heavy atom. The van der Waals surface area contributed by atoms with E-state index in [9.17, 15) is 4.79 Å². The van der Waals surface area contributed by atoms with Crippen molar-refractivity contribution >= 4 is 27.7 Å². The fourth-order valence-electron chi connectivity index (χ4n) is 2.70. The minimum Gasteiger partial charge on any atom is -0.491 e. The van der Waals surface area contributed by atoms with E-state index in [2.05, 4.69) is 0 Å². The zero-order valence-electron chi connectivity index (χ0n) is 13.8. The lowest BCUT2D eigenvalue weighted by Gasteiger charge is -2.12. The molecule has 122 valence electrons. The maximum Gasteiger partial charge on any atom is 0.253 e. The molecule has 0 radical (unpaired) electrons. The smallest absolute Gasteiger partial charge is 0.253 e. The summed E-state index contributed by atoms with van der Waals surface area (Å²) in [5, 5.41) is 0.289. The van der Waals surface area contributed by atoms with Gasteiger partial charge >= 0.3 is 0 Å². The van der Waals surface area contributed by atoms with Gasteiger partial charge in [0.2, 0.25) is 0 Å². The molecule has 24 heavy (non-hydrogen) atoms. The van der Waals surface area contributed by atoms with E-state index >= 15 is 0 Å². The van der Waals surface area contributed by atoms with E-state index < -0.39 is 5.24 Å². The standard InChI is InChI=1S/C20H18ClNO2/c1-12(2)24-15-8-5-7-14(10-15)18-11-17(20(21)23)16-9-4-6-13(3)19(16)22-18/h4-12H,1-3H3. The summed E-state index contributed by atoms with van der Waals surface area (Å²) in [6.07, 6.45) is 0.0898. The van der Waals surface area contributed by atoms with Crippen LogP contribution in [0.4, 0.5) is 0 Å². The molecule has 3 rings (SSSR count). The van der Waals surface area contributed by atoms with Crippen LogP contribution in [0.3, 0.4) is 0 Å². The van der Waals surface area contributed by atoms with Gasteiger partial charge in [-0.25, -0.2) is 4.98 Å². The summed E-state index contributed by atoms with van der Waals surface area (Å²) in [5.74, 6) is 0.771. The van der Waals surface area contributed by atoms with E-state index in [1.165, 1.54) is 0 Å². The molecule has 0 aliphatic carbocycles. The third kappa shape index (κ3) is 3.26. The monoisotopic (exact) mass is 339 g/mol. The normalized spacial score (nSPS) is 11.0. The summed E-state index contributed by atoms with van der Waals surface area (Å²) in [5.41, 5.74) is 3.85. The second kappa shape index (κ2) is 6.62. The quantitative estimate of drug-likeness (QED) is 0.599. The topological polar surface area (TPSA) is 39.2 Å². The second-order valence-corrected chi connectivity index (χ2v) is 6.34. The number of pyridine rings is 1. The Kier molecular flexibility index (Phi) is 4.54. The molecule has 0 aliphatic heterocycles. The predicted octanol–water partition coefficient (Wildman–Crippen LogP) is 5.38. The number of aromatic nitrogens is 1. The third-order valence-electron chi connectivity index (χ3n) is 3.75. The van der Waals surface area contributed by atoms with Crippen molar-refractivity contribution in [3.05, 3.63) is 59.7 Å². The number of hydrogen-bond donors (Lipinski definition) is 0. The fraction of sp³-hybridized carbons (Fsp3) is 0.200. The first-order valence-electron chi connectivity index (χ1n) is 7.83. The van der Waals surface area contributed by atoms with Gasteiger partial charge < -0.3 is 4.74 Å². The lowest BCUT2D eigenvalue weighted by Crippen LogP contribution is -2.05. The molecule has 0 saturated heterocycles. The SMILES string of the molecule is Cc1cccc2c(C(=O)Cl)cc(-c3cccc(OC(C)C)c3)nc12. The number of rotatable bonds is 4. The molecule has 0 spiro atoms. The number of halogens is 1. The van der Waals surface area contributed by atoms with Gasteiger partial charge in [0.1, 0.15) is 5.75 Å². The largest absolute Gasteiger partial charge is 0.491 e. The van der Waals surface area contributed by atoms with Crippen LogP contribution in [0.1, 0.15) is 29.8 Å². The van der Waals surface area contributed by atoms with Gasteiger partial charge in [-0.15, -0.1) is 0 Å². The second-order valence-electron chi connectivity index (χ2n) is 5.99. The first-order valence-corrected chi connectivity index (χ1v) is 8.21. The average molecular weight is 340 g/mol. The number of aryl methyl sites for hydroxylation is 1. The molecule has 0 atom stereocenters. The molecule has 2 aromatic carbocycles. The van der Waals surface area contributed by atoms with E-state index in [-0.39, 0.29) is 6.10 Å². The van der Waals surface area contributed by atoms with Gasteiger partial charge in [0, 0.05) is 16.5 Å². The number of ether oxygens (including phenoxy) is 1. The van der Waals surface area contributed by atoms with E-state index in [0.717, 1.165) is 27.8 Å². The number of benzene rings is 2. The summed E-state index contributed by atoms with van der Waals surface area (Å²) in [6.45, 7) is 5.93. The summed E-state index contributed by atoms with van der Waals surface area (Å²) in [6, 6.07) is 15.2. The van der Waals surface area contributed by atoms with Crippen LogP contribution in [0, 0.1) is 6.92 Å². The highest BCUT2D eigenvalue weighted by Gasteiger charge is 2.14. The molecule has 3 nitrogen and oxygen atoms in total. The number of carbonyl (C=O) groups is 1. The number of hydrogen-bond acceptors (Lipinski definition) is 3. The molecule has 0 unspecified atom stereocenters. The minimum absolute atomic E-state index is 0.0898. The minimum atomic E-state index is -0.483. The lowest BCUT2D eigenvalue weighted by atomic mass is 10.0.